The molecule has 0 heterocycles. The third-order valence-corrected chi connectivity index (χ3v) is 4.27. The summed E-state index contributed by atoms with van der Waals surface area (Å²) in [5.41, 5.74) is 6.71. The molecule has 2 aromatic rings. The summed E-state index contributed by atoms with van der Waals surface area (Å²) in [5, 5.41) is 0. The van der Waals surface area contributed by atoms with Crippen LogP contribution in [0.5, 0.6) is 5.75 Å². The maximum absolute atomic E-state index is 12.7. The Balaban J connectivity index is 1.70. The Bertz CT molecular complexity index is 562. The molecule has 0 radical (unpaired) electrons. The lowest BCUT2D eigenvalue weighted by Crippen LogP contribution is -1.99. The minimum Gasteiger partial charge on any atom is -0.494 e. The molecule has 2 aromatic carbocycles. The van der Waals surface area contributed by atoms with Crippen LogP contribution in [0.3, 0.4) is 0 Å². The predicted octanol–water partition coefficient (Wildman–Crippen LogP) is 4.73. The Morgan fingerprint density at radius 2 is 1.90 bits per heavy atom. The Morgan fingerprint density at radius 1 is 1.15 bits per heavy atom. The van der Waals surface area contributed by atoms with Crippen LogP contribution in [0.1, 0.15) is 6.42 Å². The number of ether oxygens (including phenoxy) is 1. The summed E-state index contributed by atoms with van der Waals surface area (Å²) in [5.74, 6) is 1.37. The van der Waals surface area contributed by atoms with Crippen LogP contribution in [0.15, 0.2) is 51.8 Å². The van der Waals surface area contributed by atoms with E-state index in [4.69, 9.17) is 10.5 Å². The van der Waals surface area contributed by atoms with Gasteiger partial charge in [-0.1, -0.05) is 15.9 Å². The highest BCUT2D eigenvalue weighted by molar-refractivity contribution is 9.10. The molecule has 2 nitrogen and oxygen atoms in total. The summed E-state index contributed by atoms with van der Waals surface area (Å²) in [6.07, 6.45) is 0.900. The van der Waals surface area contributed by atoms with Crippen molar-refractivity contribution in [1.29, 1.82) is 0 Å². The van der Waals surface area contributed by atoms with E-state index in [1.807, 2.05) is 18.2 Å². The average Bonchev–Trinajstić information content (AvgIpc) is 2.42. The van der Waals surface area contributed by atoms with Crippen molar-refractivity contribution in [2.24, 2.45) is 0 Å². The molecule has 2 rings (SSSR count). The zero-order valence-electron chi connectivity index (χ0n) is 10.8. The molecule has 0 fully saturated rings. The average molecular weight is 356 g/mol. The number of benzene rings is 2. The smallest absolute Gasteiger partial charge is 0.123 e. The van der Waals surface area contributed by atoms with Gasteiger partial charge in [0.05, 0.1) is 6.61 Å². The number of nitrogen functional groups attached to an aromatic ring is 1. The molecule has 0 atom stereocenters. The third-order valence-electron chi connectivity index (χ3n) is 2.60. The Morgan fingerprint density at radius 3 is 2.60 bits per heavy atom. The van der Waals surface area contributed by atoms with Gasteiger partial charge in [0, 0.05) is 20.8 Å². The van der Waals surface area contributed by atoms with E-state index in [0.717, 1.165) is 27.2 Å². The van der Waals surface area contributed by atoms with Gasteiger partial charge in [0.25, 0.3) is 0 Å². The van der Waals surface area contributed by atoms with Crippen LogP contribution in [-0.2, 0) is 0 Å². The first-order valence-electron chi connectivity index (χ1n) is 6.21. The summed E-state index contributed by atoms with van der Waals surface area (Å²) in [4.78, 5) is 1.08. The fourth-order valence-electron chi connectivity index (χ4n) is 1.61. The maximum atomic E-state index is 12.7. The molecule has 0 saturated heterocycles. The monoisotopic (exact) mass is 355 g/mol. The fourth-order valence-corrected chi connectivity index (χ4v) is 2.86. The van der Waals surface area contributed by atoms with E-state index in [1.165, 1.54) is 12.1 Å². The molecule has 106 valence electrons. The second-order valence-electron chi connectivity index (χ2n) is 4.19. The quantitative estimate of drug-likeness (QED) is 0.462. The van der Waals surface area contributed by atoms with Gasteiger partial charge < -0.3 is 10.5 Å². The van der Waals surface area contributed by atoms with Crippen molar-refractivity contribution in [3.8, 4) is 5.75 Å². The minimum atomic E-state index is -0.251. The topological polar surface area (TPSA) is 35.2 Å². The number of hydrogen-bond acceptors (Lipinski definition) is 3. The lowest BCUT2D eigenvalue weighted by Gasteiger charge is -2.07. The molecule has 0 saturated carbocycles. The maximum Gasteiger partial charge on any atom is 0.123 e. The Hall–Kier alpha value is -1.20. The second-order valence-corrected chi connectivity index (χ2v) is 6.24. The van der Waals surface area contributed by atoms with Crippen LogP contribution >= 0.6 is 27.7 Å². The van der Waals surface area contributed by atoms with Crippen molar-refractivity contribution in [2.75, 3.05) is 18.1 Å². The number of hydrogen-bond donors (Lipinski definition) is 1. The van der Waals surface area contributed by atoms with Gasteiger partial charge in [-0.2, -0.15) is 0 Å². The van der Waals surface area contributed by atoms with Crippen LogP contribution < -0.4 is 10.5 Å². The molecular weight excluding hydrogens is 341 g/mol. The zero-order valence-corrected chi connectivity index (χ0v) is 13.2. The molecule has 5 heteroatoms. The molecule has 0 unspecified atom stereocenters. The zero-order chi connectivity index (χ0) is 14.4. The highest BCUT2D eigenvalue weighted by atomic mass is 79.9. The van der Waals surface area contributed by atoms with E-state index in [0.29, 0.717) is 12.4 Å². The van der Waals surface area contributed by atoms with Crippen LogP contribution in [0, 0.1) is 5.82 Å². The molecule has 0 aromatic heterocycles. The number of rotatable bonds is 6. The van der Waals surface area contributed by atoms with Gasteiger partial charge in [0.15, 0.2) is 0 Å². The lowest BCUT2D eigenvalue weighted by molar-refractivity contribution is 0.318. The lowest BCUT2D eigenvalue weighted by atomic mass is 10.3. The molecule has 0 bridgehead atoms. The van der Waals surface area contributed by atoms with E-state index in [2.05, 4.69) is 15.9 Å². The minimum absolute atomic E-state index is 0.251. The Labute approximate surface area is 130 Å². The van der Waals surface area contributed by atoms with Crippen LogP contribution in [-0.4, -0.2) is 12.4 Å². The molecule has 0 aliphatic rings. The number of thioether (sulfide) groups is 1. The molecule has 2 N–H and O–H groups in total. The van der Waals surface area contributed by atoms with E-state index in [-0.39, 0.29) is 5.82 Å². The predicted molar refractivity (Wildman–Crippen MR) is 85.8 cm³/mol. The largest absolute Gasteiger partial charge is 0.494 e. The van der Waals surface area contributed by atoms with Gasteiger partial charge in [0.2, 0.25) is 0 Å². The van der Waals surface area contributed by atoms with Crippen molar-refractivity contribution in [2.45, 2.75) is 11.3 Å². The van der Waals surface area contributed by atoms with Crippen LogP contribution in [0.25, 0.3) is 0 Å². The summed E-state index contributed by atoms with van der Waals surface area (Å²) in [6, 6.07) is 11.9. The van der Waals surface area contributed by atoms with Crippen molar-refractivity contribution in [3.63, 3.8) is 0 Å². The van der Waals surface area contributed by atoms with Crippen LogP contribution in [0.4, 0.5) is 10.1 Å². The Kier molecular flexibility index (Phi) is 5.73. The van der Waals surface area contributed by atoms with E-state index in [1.54, 1.807) is 23.9 Å². The first-order valence-corrected chi connectivity index (χ1v) is 7.99. The molecule has 0 aliphatic heterocycles. The highest BCUT2D eigenvalue weighted by Gasteiger charge is 2.01. The van der Waals surface area contributed by atoms with Gasteiger partial charge >= 0.3 is 0 Å². The summed E-state index contributed by atoms with van der Waals surface area (Å²) < 4.78 is 19.2. The molecular formula is C15H15BrFNOS. The molecule has 0 spiro atoms. The van der Waals surface area contributed by atoms with Crippen molar-refractivity contribution in [3.05, 3.63) is 52.8 Å². The van der Waals surface area contributed by atoms with Gasteiger partial charge in [-0.25, -0.2) is 4.39 Å². The number of nitrogens with two attached hydrogens (primary N) is 1. The molecule has 20 heavy (non-hydrogen) atoms. The first kappa shape index (κ1) is 15.2. The number of halogens is 2. The standard InChI is InChI=1S/C15H15BrFNOS/c16-11-2-7-15(14(18)10-11)20-9-1-8-19-13-5-3-12(17)4-6-13/h2-7,10H,1,8-9,18H2. The highest BCUT2D eigenvalue weighted by Crippen LogP contribution is 2.28. The second kappa shape index (κ2) is 7.55. The van der Waals surface area contributed by atoms with E-state index in [9.17, 15) is 4.39 Å². The molecule has 0 aliphatic carbocycles. The summed E-state index contributed by atoms with van der Waals surface area (Å²) in [6.45, 7) is 0.606. The SMILES string of the molecule is Nc1cc(Br)ccc1SCCCOc1ccc(F)cc1. The van der Waals surface area contributed by atoms with Crippen molar-refractivity contribution >= 4 is 33.4 Å². The van der Waals surface area contributed by atoms with Crippen molar-refractivity contribution < 1.29 is 9.13 Å². The van der Waals surface area contributed by atoms with E-state index < -0.39 is 0 Å². The fraction of sp³-hybridized carbons (Fsp3) is 0.200. The van der Waals surface area contributed by atoms with Crippen LogP contribution in [0.2, 0.25) is 0 Å². The summed E-state index contributed by atoms with van der Waals surface area (Å²) >= 11 is 5.09. The number of anilines is 1. The normalized spacial score (nSPS) is 10.5. The van der Waals surface area contributed by atoms with Gasteiger partial charge in [0.1, 0.15) is 11.6 Å². The molecule has 0 amide bonds. The first-order chi connectivity index (χ1) is 9.65. The van der Waals surface area contributed by atoms with Gasteiger partial charge in [-0.3, -0.25) is 0 Å². The summed E-state index contributed by atoms with van der Waals surface area (Å²) in [7, 11) is 0. The van der Waals surface area contributed by atoms with Crippen molar-refractivity contribution in [1.82, 2.24) is 0 Å². The van der Waals surface area contributed by atoms with E-state index >= 15 is 0 Å². The third kappa shape index (κ3) is 4.72. The van der Waals surface area contributed by atoms with Gasteiger partial charge in [-0.05, 0) is 48.9 Å². The van der Waals surface area contributed by atoms with Gasteiger partial charge in [-0.15, -0.1) is 11.8 Å².